The van der Waals surface area contributed by atoms with Crippen LogP contribution in [0, 0.1) is 6.92 Å². The number of nitrogens with one attached hydrogen (secondary N) is 1. The molecule has 1 aliphatic rings. The van der Waals surface area contributed by atoms with Crippen LogP contribution < -0.4 is 15.0 Å². The number of para-hydroxylation sites is 1. The summed E-state index contributed by atoms with van der Waals surface area (Å²) in [5.41, 5.74) is 3.74. The van der Waals surface area contributed by atoms with Crippen molar-refractivity contribution in [2.45, 2.75) is 58.2 Å². The molecule has 1 saturated carbocycles. The molecule has 9 heteroatoms. The summed E-state index contributed by atoms with van der Waals surface area (Å²) in [5, 5.41) is 13.7. The van der Waals surface area contributed by atoms with E-state index in [-0.39, 0.29) is 5.56 Å². The molecule has 2 aromatic carbocycles. The topological polar surface area (TPSA) is 98.2 Å². The van der Waals surface area contributed by atoms with Gasteiger partial charge in [-0.15, -0.1) is 5.10 Å². The Balaban J connectivity index is 1.42. The van der Waals surface area contributed by atoms with Gasteiger partial charge in [-0.1, -0.05) is 37.1 Å². The molecule has 0 amide bonds. The number of methoxy groups -OCH3 is 2. The van der Waals surface area contributed by atoms with Crippen LogP contribution >= 0.6 is 0 Å². The zero-order chi connectivity index (χ0) is 25.8. The van der Waals surface area contributed by atoms with E-state index in [1.807, 2.05) is 54.1 Å². The number of pyridine rings is 1. The van der Waals surface area contributed by atoms with Crippen LogP contribution in [0.4, 0.5) is 0 Å². The van der Waals surface area contributed by atoms with Crippen LogP contribution in [0.3, 0.4) is 0 Å². The molecular formula is C28H34N6O3. The van der Waals surface area contributed by atoms with Crippen LogP contribution in [0.15, 0.2) is 47.3 Å². The maximum Gasteiger partial charge on any atom is 0.252 e. The Morgan fingerprint density at radius 2 is 1.86 bits per heavy atom. The van der Waals surface area contributed by atoms with Crippen molar-refractivity contribution in [3.8, 4) is 11.5 Å². The molecule has 0 saturated heterocycles. The predicted molar refractivity (Wildman–Crippen MR) is 142 cm³/mol. The van der Waals surface area contributed by atoms with Crippen LogP contribution in [0.5, 0.6) is 11.5 Å². The summed E-state index contributed by atoms with van der Waals surface area (Å²) in [6.07, 6.45) is 5.40. The second-order valence-electron chi connectivity index (χ2n) is 9.79. The summed E-state index contributed by atoms with van der Waals surface area (Å²) in [5.74, 6) is 2.25. The second-order valence-corrected chi connectivity index (χ2v) is 9.79. The van der Waals surface area contributed by atoms with Gasteiger partial charge in [0.25, 0.3) is 5.56 Å². The Kier molecular flexibility index (Phi) is 7.50. The van der Waals surface area contributed by atoms with Crippen LogP contribution in [0.2, 0.25) is 0 Å². The minimum Gasteiger partial charge on any atom is -0.493 e. The van der Waals surface area contributed by atoms with Gasteiger partial charge in [0, 0.05) is 18.7 Å². The smallest absolute Gasteiger partial charge is 0.252 e. The number of rotatable bonds is 10. The first kappa shape index (κ1) is 25.0. The van der Waals surface area contributed by atoms with E-state index in [4.69, 9.17) is 9.47 Å². The van der Waals surface area contributed by atoms with Gasteiger partial charge < -0.3 is 14.5 Å². The molecule has 0 spiro atoms. The molecule has 1 aliphatic carbocycles. The highest BCUT2D eigenvalue weighted by Crippen LogP contribution is 2.30. The van der Waals surface area contributed by atoms with E-state index in [0.717, 1.165) is 59.2 Å². The van der Waals surface area contributed by atoms with Crippen molar-refractivity contribution >= 4 is 10.9 Å². The molecule has 0 unspecified atom stereocenters. The third-order valence-electron chi connectivity index (χ3n) is 7.32. The van der Waals surface area contributed by atoms with Gasteiger partial charge in [0.1, 0.15) is 0 Å². The molecule has 2 aromatic heterocycles. The second kappa shape index (κ2) is 11.1. The lowest BCUT2D eigenvalue weighted by atomic mass is 10.1. The van der Waals surface area contributed by atoms with Crippen molar-refractivity contribution in [3.63, 3.8) is 0 Å². The Morgan fingerprint density at radius 1 is 1.05 bits per heavy atom. The van der Waals surface area contributed by atoms with Crippen molar-refractivity contribution in [2.75, 3.05) is 20.8 Å². The fourth-order valence-electron chi connectivity index (χ4n) is 5.27. The van der Waals surface area contributed by atoms with E-state index in [1.54, 1.807) is 14.2 Å². The SMILES string of the molecule is COc1ccc(CCN(Cc2cc3cccc(C)c3[nH]c2=O)Cc2nnnn2C2CCCC2)cc1OC. The lowest BCUT2D eigenvalue weighted by molar-refractivity contribution is 0.243. The van der Waals surface area contributed by atoms with Gasteiger partial charge in [0.15, 0.2) is 17.3 Å². The van der Waals surface area contributed by atoms with Gasteiger partial charge in [-0.3, -0.25) is 9.69 Å². The Hall–Kier alpha value is -3.72. The number of hydrogen-bond donors (Lipinski definition) is 1. The van der Waals surface area contributed by atoms with E-state index in [2.05, 4.69) is 25.4 Å². The van der Waals surface area contributed by atoms with E-state index in [1.165, 1.54) is 12.8 Å². The average Bonchev–Trinajstić information content (AvgIpc) is 3.60. The first-order valence-corrected chi connectivity index (χ1v) is 12.9. The molecule has 194 valence electrons. The van der Waals surface area contributed by atoms with Gasteiger partial charge in [-0.25, -0.2) is 4.68 Å². The van der Waals surface area contributed by atoms with E-state index in [9.17, 15) is 4.79 Å². The van der Waals surface area contributed by atoms with Gasteiger partial charge in [0.2, 0.25) is 0 Å². The first-order chi connectivity index (χ1) is 18.1. The standard InChI is InChI=1S/C28H34N6O3/c1-19-7-6-8-21-16-22(28(35)29-27(19)21)17-33(14-13-20-11-12-24(36-2)25(15-20)37-3)18-26-30-31-32-34(26)23-9-4-5-10-23/h6-8,11-12,15-16,23H,4-5,9-10,13-14,17-18H2,1-3H3,(H,29,35). The molecule has 5 rings (SSSR count). The molecule has 0 aliphatic heterocycles. The summed E-state index contributed by atoms with van der Waals surface area (Å²) >= 11 is 0. The predicted octanol–water partition coefficient (Wildman–Crippen LogP) is 4.20. The number of ether oxygens (including phenoxy) is 2. The summed E-state index contributed by atoms with van der Waals surface area (Å²) < 4.78 is 12.9. The molecule has 1 fully saturated rings. The van der Waals surface area contributed by atoms with Crippen molar-refractivity contribution in [1.29, 1.82) is 0 Å². The Labute approximate surface area is 216 Å². The fraction of sp³-hybridized carbons (Fsp3) is 0.429. The minimum absolute atomic E-state index is 0.0618. The lowest BCUT2D eigenvalue weighted by Gasteiger charge is -2.23. The van der Waals surface area contributed by atoms with E-state index in [0.29, 0.717) is 30.6 Å². The zero-order valence-corrected chi connectivity index (χ0v) is 21.7. The highest BCUT2D eigenvalue weighted by molar-refractivity contribution is 5.81. The molecule has 9 nitrogen and oxygen atoms in total. The number of aromatic nitrogens is 5. The minimum atomic E-state index is -0.0618. The zero-order valence-electron chi connectivity index (χ0n) is 21.7. The molecular weight excluding hydrogens is 468 g/mol. The van der Waals surface area contributed by atoms with Crippen LogP contribution in [-0.2, 0) is 19.5 Å². The maximum atomic E-state index is 13.1. The first-order valence-electron chi connectivity index (χ1n) is 12.9. The number of aryl methyl sites for hydroxylation is 1. The fourth-order valence-corrected chi connectivity index (χ4v) is 5.27. The Bertz CT molecular complexity index is 1420. The van der Waals surface area contributed by atoms with Gasteiger partial charge in [0.05, 0.1) is 32.3 Å². The molecule has 0 atom stereocenters. The molecule has 4 aromatic rings. The third kappa shape index (κ3) is 5.51. The highest BCUT2D eigenvalue weighted by Gasteiger charge is 2.23. The molecule has 37 heavy (non-hydrogen) atoms. The Morgan fingerprint density at radius 3 is 2.65 bits per heavy atom. The maximum absolute atomic E-state index is 13.1. The van der Waals surface area contributed by atoms with E-state index >= 15 is 0 Å². The summed E-state index contributed by atoms with van der Waals surface area (Å²) in [6, 6.07) is 14.4. The summed E-state index contributed by atoms with van der Waals surface area (Å²) in [4.78, 5) is 18.4. The number of hydrogen-bond acceptors (Lipinski definition) is 7. The quantitative estimate of drug-likeness (QED) is 0.347. The number of aromatic amines is 1. The number of fused-ring (bicyclic) bond motifs is 1. The van der Waals surface area contributed by atoms with Gasteiger partial charge in [-0.05, 0) is 71.3 Å². The summed E-state index contributed by atoms with van der Waals surface area (Å²) in [6.45, 7) is 3.78. The number of tetrazole rings is 1. The van der Waals surface area contributed by atoms with Crippen molar-refractivity contribution in [1.82, 2.24) is 30.1 Å². The molecule has 0 radical (unpaired) electrons. The number of H-pyrrole nitrogens is 1. The van der Waals surface area contributed by atoms with Crippen LogP contribution in [0.1, 0.15) is 54.2 Å². The van der Waals surface area contributed by atoms with Crippen LogP contribution in [0.25, 0.3) is 10.9 Å². The number of benzene rings is 2. The third-order valence-corrected chi connectivity index (χ3v) is 7.32. The molecule has 2 heterocycles. The van der Waals surface area contributed by atoms with Crippen LogP contribution in [-0.4, -0.2) is 50.9 Å². The van der Waals surface area contributed by atoms with Crippen molar-refractivity contribution < 1.29 is 9.47 Å². The molecule has 1 N–H and O–H groups in total. The van der Waals surface area contributed by atoms with Crippen molar-refractivity contribution in [2.24, 2.45) is 0 Å². The van der Waals surface area contributed by atoms with E-state index < -0.39 is 0 Å². The lowest BCUT2D eigenvalue weighted by Crippen LogP contribution is -2.30. The monoisotopic (exact) mass is 502 g/mol. The molecule has 0 bridgehead atoms. The van der Waals surface area contributed by atoms with Crippen molar-refractivity contribution in [3.05, 3.63) is 75.3 Å². The highest BCUT2D eigenvalue weighted by atomic mass is 16.5. The summed E-state index contributed by atoms with van der Waals surface area (Å²) in [7, 11) is 3.28. The van der Waals surface area contributed by atoms with Gasteiger partial charge in [-0.2, -0.15) is 0 Å². The normalized spacial score (nSPS) is 14.1. The number of nitrogens with zero attached hydrogens (tertiary/aromatic N) is 5. The average molecular weight is 503 g/mol. The largest absolute Gasteiger partial charge is 0.493 e. The van der Waals surface area contributed by atoms with Gasteiger partial charge >= 0.3 is 0 Å².